The Bertz CT molecular complexity index is 1280. The first kappa shape index (κ1) is 23.5. The minimum Gasteiger partial charge on any atom is -0.494 e. The molecule has 2 amide bonds. The highest BCUT2D eigenvalue weighted by atomic mass is 19.1. The maximum absolute atomic E-state index is 15.5. The molecule has 0 atom stereocenters. The predicted molar refractivity (Wildman–Crippen MR) is 130 cm³/mol. The number of nitrogens with one attached hydrogen (secondary N) is 1. The number of nitrogens with zero attached hydrogens (tertiary/aromatic N) is 5. The number of pyridine rings is 1. The van der Waals surface area contributed by atoms with Crippen LogP contribution in [0.15, 0.2) is 12.3 Å². The van der Waals surface area contributed by atoms with E-state index in [1.165, 1.54) is 18.1 Å². The minimum absolute atomic E-state index is 0.00789. The molecule has 0 aliphatic carbocycles. The van der Waals surface area contributed by atoms with E-state index in [9.17, 15) is 4.79 Å². The number of carbonyl (C=O) groups is 1. The number of H-pyrrole nitrogens is 1. The van der Waals surface area contributed by atoms with Crippen molar-refractivity contribution in [3.63, 3.8) is 0 Å². The van der Waals surface area contributed by atoms with Crippen molar-refractivity contribution in [2.45, 2.75) is 45.1 Å². The Morgan fingerprint density at radius 1 is 1.17 bits per heavy atom. The summed E-state index contributed by atoms with van der Waals surface area (Å²) in [6, 6.07) is 0.850. The fourth-order valence-electron chi connectivity index (χ4n) is 5.30. The van der Waals surface area contributed by atoms with Crippen molar-refractivity contribution in [2.75, 3.05) is 44.1 Å². The maximum Gasteiger partial charge on any atom is 0.329 e. The zero-order valence-corrected chi connectivity index (χ0v) is 20.5. The van der Waals surface area contributed by atoms with E-state index in [0.29, 0.717) is 35.3 Å². The van der Waals surface area contributed by atoms with E-state index in [4.69, 9.17) is 4.74 Å². The van der Waals surface area contributed by atoms with Gasteiger partial charge >= 0.3 is 6.03 Å². The van der Waals surface area contributed by atoms with E-state index >= 15 is 8.78 Å². The minimum atomic E-state index is -0.889. The topological polar surface area (TPSA) is 77.6 Å². The Labute approximate surface area is 202 Å². The van der Waals surface area contributed by atoms with Crippen LogP contribution in [0.2, 0.25) is 0 Å². The second-order valence-corrected chi connectivity index (χ2v) is 9.44. The number of ether oxygens (including phenoxy) is 1. The maximum atomic E-state index is 15.5. The summed E-state index contributed by atoms with van der Waals surface area (Å²) < 4.78 is 36.0. The quantitative estimate of drug-likeness (QED) is 0.574. The molecule has 0 radical (unpaired) electrons. The molecule has 2 aliphatic rings. The molecule has 0 bridgehead atoms. The number of urea groups is 1. The van der Waals surface area contributed by atoms with Gasteiger partial charge in [-0.15, -0.1) is 0 Å². The second-order valence-electron chi connectivity index (χ2n) is 9.44. The smallest absolute Gasteiger partial charge is 0.329 e. The van der Waals surface area contributed by atoms with Gasteiger partial charge in [-0.25, -0.2) is 18.6 Å². The average molecular weight is 485 g/mol. The summed E-state index contributed by atoms with van der Waals surface area (Å²) in [6.45, 7) is 3.86. The Kier molecular flexibility index (Phi) is 6.08. The van der Waals surface area contributed by atoms with Gasteiger partial charge in [0, 0.05) is 24.7 Å². The Morgan fingerprint density at radius 3 is 2.60 bits per heavy atom. The van der Waals surface area contributed by atoms with Crippen molar-refractivity contribution in [1.82, 2.24) is 20.1 Å². The third-order valence-electron chi connectivity index (χ3n) is 7.20. The zero-order valence-electron chi connectivity index (χ0n) is 20.5. The number of piperidine rings is 1. The molecule has 1 saturated heterocycles. The van der Waals surface area contributed by atoms with Crippen LogP contribution in [0.1, 0.15) is 48.9 Å². The van der Waals surface area contributed by atoms with Gasteiger partial charge in [0.25, 0.3) is 0 Å². The lowest BCUT2D eigenvalue weighted by molar-refractivity contribution is 0.250. The zero-order chi connectivity index (χ0) is 24.9. The van der Waals surface area contributed by atoms with Crippen molar-refractivity contribution >= 4 is 28.4 Å². The molecule has 0 spiro atoms. The van der Waals surface area contributed by atoms with Crippen molar-refractivity contribution in [2.24, 2.45) is 0 Å². The number of benzene rings is 1. The number of likely N-dealkylation sites (tertiary alicyclic amines) is 1. The number of carbonyl (C=O) groups excluding carboxylic acids is 1. The summed E-state index contributed by atoms with van der Waals surface area (Å²) in [7, 11) is 5.06. The highest BCUT2D eigenvalue weighted by molar-refractivity contribution is 6.11. The molecule has 5 rings (SSSR count). The number of methoxy groups -OCH3 is 1. The normalized spacial score (nSPS) is 17.4. The Hall–Kier alpha value is -3.27. The van der Waals surface area contributed by atoms with Crippen LogP contribution in [-0.4, -0.2) is 60.4 Å². The first-order valence-corrected chi connectivity index (χ1v) is 12.0. The molecule has 35 heavy (non-hydrogen) atoms. The molecule has 3 aromatic rings. The summed E-state index contributed by atoms with van der Waals surface area (Å²) >= 11 is 0. The highest BCUT2D eigenvalue weighted by Crippen LogP contribution is 2.42. The fraction of sp³-hybridized carbons (Fsp3) is 0.480. The van der Waals surface area contributed by atoms with Gasteiger partial charge < -0.3 is 9.64 Å². The molecule has 1 N–H and O–H groups in total. The van der Waals surface area contributed by atoms with Gasteiger partial charge in [-0.3, -0.25) is 14.9 Å². The lowest BCUT2D eigenvalue weighted by atomic mass is 9.91. The molecule has 8 nitrogen and oxygen atoms in total. The standard InChI is InChI=1S/C25H30F2N6O2/c1-5-6-15-11-17(35-4)20(27)23(19(15)26)33-13-16-12-28-24-18(22(16)32(3)25(33)34)21(29-30-24)14-7-9-31(2)10-8-14/h11-12,14H,5-10,13H2,1-4H3,(H,28,29,30). The van der Waals surface area contributed by atoms with Gasteiger partial charge in [0.2, 0.25) is 0 Å². The number of halogens is 2. The van der Waals surface area contributed by atoms with Crippen LogP contribution in [0, 0.1) is 11.6 Å². The van der Waals surface area contributed by atoms with Crippen LogP contribution in [0.4, 0.5) is 25.0 Å². The lowest BCUT2D eigenvalue weighted by Crippen LogP contribution is -2.46. The van der Waals surface area contributed by atoms with Crippen molar-refractivity contribution < 1.29 is 18.3 Å². The van der Waals surface area contributed by atoms with E-state index in [2.05, 4.69) is 27.1 Å². The number of aryl methyl sites for hydroxylation is 1. The van der Waals surface area contributed by atoms with E-state index in [1.807, 2.05) is 6.92 Å². The number of aromatic nitrogens is 3. The van der Waals surface area contributed by atoms with Crippen LogP contribution >= 0.6 is 0 Å². The van der Waals surface area contributed by atoms with Gasteiger partial charge in [-0.2, -0.15) is 5.10 Å². The van der Waals surface area contributed by atoms with Gasteiger partial charge in [-0.1, -0.05) is 13.3 Å². The lowest BCUT2D eigenvalue weighted by Gasteiger charge is -2.36. The van der Waals surface area contributed by atoms with Crippen molar-refractivity contribution in [3.8, 4) is 5.75 Å². The molecule has 4 heterocycles. The first-order chi connectivity index (χ1) is 16.8. The number of aromatic amines is 1. The molecular weight excluding hydrogens is 454 g/mol. The third-order valence-corrected chi connectivity index (χ3v) is 7.20. The largest absolute Gasteiger partial charge is 0.494 e. The fourth-order valence-corrected chi connectivity index (χ4v) is 5.30. The molecule has 1 aromatic carbocycles. The van der Waals surface area contributed by atoms with Crippen molar-refractivity contribution in [1.29, 1.82) is 0 Å². The summed E-state index contributed by atoms with van der Waals surface area (Å²) in [5, 5.41) is 8.38. The van der Waals surface area contributed by atoms with E-state index in [1.54, 1.807) is 13.2 Å². The molecule has 2 aromatic heterocycles. The van der Waals surface area contributed by atoms with Crippen LogP contribution in [0.25, 0.3) is 11.0 Å². The van der Waals surface area contributed by atoms with Gasteiger partial charge in [-0.05, 0) is 51.0 Å². The van der Waals surface area contributed by atoms with Gasteiger partial charge in [0.15, 0.2) is 23.0 Å². The predicted octanol–water partition coefficient (Wildman–Crippen LogP) is 4.58. The van der Waals surface area contributed by atoms with E-state index in [0.717, 1.165) is 41.9 Å². The van der Waals surface area contributed by atoms with Crippen LogP contribution in [0.3, 0.4) is 0 Å². The van der Waals surface area contributed by atoms with Crippen LogP contribution in [-0.2, 0) is 13.0 Å². The number of rotatable bonds is 5. The second kappa shape index (κ2) is 9.07. The van der Waals surface area contributed by atoms with Gasteiger partial charge in [0.1, 0.15) is 5.69 Å². The van der Waals surface area contributed by atoms with Gasteiger partial charge in [0.05, 0.1) is 30.4 Å². The monoisotopic (exact) mass is 484 g/mol. The number of amides is 2. The molecule has 10 heteroatoms. The highest BCUT2D eigenvalue weighted by Gasteiger charge is 2.37. The summed E-state index contributed by atoms with van der Waals surface area (Å²) in [5.41, 5.74) is 2.82. The Balaban J connectivity index is 1.61. The SMILES string of the molecule is CCCc1cc(OC)c(F)c(N2Cc3cnc4n[nH]c(C5CCN(C)CC5)c4c3N(C)C2=O)c1F. The molecule has 186 valence electrons. The molecule has 2 aliphatic heterocycles. The molecule has 0 saturated carbocycles. The molecule has 1 fully saturated rings. The van der Waals surface area contributed by atoms with Crippen molar-refractivity contribution in [3.05, 3.63) is 40.7 Å². The van der Waals surface area contributed by atoms with E-state index in [-0.39, 0.29) is 18.2 Å². The third kappa shape index (κ3) is 3.80. The molecule has 0 unspecified atom stereocenters. The number of hydrogen-bond donors (Lipinski definition) is 1. The molecular formula is C25H30F2N6O2. The Morgan fingerprint density at radius 2 is 1.91 bits per heavy atom. The summed E-state index contributed by atoms with van der Waals surface area (Å²) in [5.74, 6) is -1.44. The number of hydrogen-bond acceptors (Lipinski definition) is 5. The first-order valence-electron chi connectivity index (χ1n) is 12.0. The van der Waals surface area contributed by atoms with Crippen LogP contribution in [0.5, 0.6) is 5.75 Å². The summed E-state index contributed by atoms with van der Waals surface area (Å²) in [4.78, 5) is 23.0. The number of anilines is 2. The summed E-state index contributed by atoms with van der Waals surface area (Å²) in [6.07, 6.45) is 4.66. The van der Waals surface area contributed by atoms with Crippen LogP contribution < -0.4 is 14.5 Å². The number of fused-ring (bicyclic) bond motifs is 3. The average Bonchev–Trinajstić information content (AvgIpc) is 3.28. The van der Waals surface area contributed by atoms with E-state index < -0.39 is 23.4 Å².